The average Bonchev–Trinajstić information content (AvgIpc) is 2.48. The summed E-state index contributed by atoms with van der Waals surface area (Å²) in [4.78, 5) is 2.40. The molecule has 0 radical (unpaired) electrons. The van der Waals surface area contributed by atoms with Crippen LogP contribution >= 0.6 is 0 Å². The molecular formula is C16H23NO2. The molecule has 1 heterocycles. The monoisotopic (exact) mass is 261 g/mol. The Balaban J connectivity index is 1.49. The van der Waals surface area contributed by atoms with Crippen LogP contribution in [0.15, 0.2) is 18.2 Å². The predicted molar refractivity (Wildman–Crippen MR) is 75.8 cm³/mol. The minimum absolute atomic E-state index is 0.777. The molecule has 2 aliphatic rings. The summed E-state index contributed by atoms with van der Waals surface area (Å²) in [7, 11) is 0. The van der Waals surface area contributed by atoms with E-state index >= 15 is 0 Å². The lowest BCUT2D eigenvalue weighted by molar-refractivity contribution is 0.0322. The number of benzene rings is 1. The van der Waals surface area contributed by atoms with Crippen LogP contribution in [-0.2, 0) is 17.6 Å². The first-order valence-electron chi connectivity index (χ1n) is 7.46. The molecule has 3 heteroatoms. The van der Waals surface area contributed by atoms with Crippen molar-refractivity contribution < 1.29 is 9.47 Å². The van der Waals surface area contributed by atoms with Gasteiger partial charge in [0.25, 0.3) is 0 Å². The van der Waals surface area contributed by atoms with Gasteiger partial charge in [0.15, 0.2) is 0 Å². The molecule has 0 amide bonds. The Hall–Kier alpha value is -1.06. The molecule has 104 valence electrons. The number of morpholine rings is 1. The van der Waals surface area contributed by atoms with Crippen LogP contribution in [0.4, 0.5) is 0 Å². The third-order valence-electron chi connectivity index (χ3n) is 4.10. The van der Waals surface area contributed by atoms with Crippen molar-refractivity contribution >= 4 is 0 Å². The van der Waals surface area contributed by atoms with E-state index in [2.05, 4.69) is 23.1 Å². The zero-order valence-electron chi connectivity index (χ0n) is 11.6. The second kappa shape index (κ2) is 6.40. The molecule has 1 aliphatic carbocycles. The second-order valence-electron chi connectivity index (χ2n) is 5.44. The van der Waals surface area contributed by atoms with Gasteiger partial charge in [-0.1, -0.05) is 6.07 Å². The van der Waals surface area contributed by atoms with Gasteiger partial charge in [0, 0.05) is 19.6 Å². The van der Waals surface area contributed by atoms with Crippen molar-refractivity contribution in [1.29, 1.82) is 0 Å². The first kappa shape index (κ1) is 12.9. The fraction of sp³-hybridized carbons (Fsp3) is 0.625. The maximum Gasteiger partial charge on any atom is 0.119 e. The van der Waals surface area contributed by atoms with E-state index < -0.39 is 0 Å². The highest BCUT2D eigenvalue weighted by atomic mass is 16.5. The number of ether oxygens (including phenoxy) is 2. The smallest absolute Gasteiger partial charge is 0.119 e. The van der Waals surface area contributed by atoms with E-state index in [1.165, 1.54) is 36.8 Å². The summed E-state index contributed by atoms with van der Waals surface area (Å²) in [5.74, 6) is 1.04. The van der Waals surface area contributed by atoms with E-state index in [9.17, 15) is 0 Å². The molecule has 0 N–H and O–H groups in total. The van der Waals surface area contributed by atoms with Crippen molar-refractivity contribution in [2.24, 2.45) is 0 Å². The Morgan fingerprint density at radius 1 is 1.05 bits per heavy atom. The van der Waals surface area contributed by atoms with Gasteiger partial charge in [-0.25, -0.2) is 0 Å². The standard InChI is InChI=1S/C16H23NO2/c1-2-4-15-13-16(6-5-14(15)3-1)19-12-9-17-7-10-18-11-8-17/h5-6,13H,1-4,7-12H2. The van der Waals surface area contributed by atoms with Crippen molar-refractivity contribution in [3.05, 3.63) is 29.3 Å². The van der Waals surface area contributed by atoms with E-state index in [-0.39, 0.29) is 0 Å². The lowest BCUT2D eigenvalue weighted by atomic mass is 9.92. The van der Waals surface area contributed by atoms with Gasteiger partial charge in [0.05, 0.1) is 13.2 Å². The molecule has 0 aromatic heterocycles. The number of rotatable bonds is 4. The number of aryl methyl sites for hydroxylation is 2. The Bertz CT molecular complexity index is 413. The average molecular weight is 261 g/mol. The van der Waals surface area contributed by atoms with Gasteiger partial charge in [0.2, 0.25) is 0 Å². The maximum absolute atomic E-state index is 5.89. The van der Waals surface area contributed by atoms with E-state index in [1.807, 2.05) is 0 Å². The first-order chi connectivity index (χ1) is 9.42. The van der Waals surface area contributed by atoms with Gasteiger partial charge in [0.1, 0.15) is 12.4 Å². The van der Waals surface area contributed by atoms with E-state index in [0.29, 0.717) is 0 Å². The topological polar surface area (TPSA) is 21.7 Å². The summed E-state index contributed by atoms with van der Waals surface area (Å²) in [5, 5.41) is 0. The van der Waals surface area contributed by atoms with Crippen molar-refractivity contribution in [1.82, 2.24) is 4.90 Å². The minimum atomic E-state index is 0.777. The number of hydrogen-bond donors (Lipinski definition) is 0. The van der Waals surface area contributed by atoms with Crippen molar-refractivity contribution in [3.63, 3.8) is 0 Å². The van der Waals surface area contributed by atoms with Crippen LogP contribution in [0, 0.1) is 0 Å². The Morgan fingerprint density at radius 2 is 1.84 bits per heavy atom. The SMILES string of the molecule is c1cc2c(cc1OCCN1CCOCC1)CCCC2. The lowest BCUT2D eigenvalue weighted by Gasteiger charge is -2.26. The highest BCUT2D eigenvalue weighted by Crippen LogP contribution is 2.25. The van der Waals surface area contributed by atoms with Gasteiger partial charge in [-0.3, -0.25) is 4.90 Å². The van der Waals surface area contributed by atoms with Crippen LogP contribution in [0.5, 0.6) is 5.75 Å². The largest absolute Gasteiger partial charge is 0.492 e. The fourth-order valence-electron chi connectivity index (χ4n) is 2.92. The number of hydrogen-bond acceptors (Lipinski definition) is 3. The minimum Gasteiger partial charge on any atom is -0.492 e. The van der Waals surface area contributed by atoms with Crippen molar-refractivity contribution in [2.75, 3.05) is 39.5 Å². The van der Waals surface area contributed by atoms with Gasteiger partial charge < -0.3 is 9.47 Å². The summed E-state index contributed by atoms with van der Waals surface area (Å²) < 4.78 is 11.2. The Labute approximate surface area is 115 Å². The zero-order valence-corrected chi connectivity index (χ0v) is 11.6. The molecule has 1 aromatic carbocycles. The van der Waals surface area contributed by atoms with Crippen molar-refractivity contribution in [3.8, 4) is 5.75 Å². The van der Waals surface area contributed by atoms with Crippen LogP contribution < -0.4 is 4.74 Å². The lowest BCUT2D eigenvalue weighted by Crippen LogP contribution is -2.38. The van der Waals surface area contributed by atoms with Crippen LogP contribution in [0.3, 0.4) is 0 Å². The molecule has 19 heavy (non-hydrogen) atoms. The fourth-order valence-corrected chi connectivity index (χ4v) is 2.92. The normalized spacial score (nSPS) is 20.0. The molecule has 0 atom stereocenters. The summed E-state index contributed by atoms with van der Waals surface area (Å²) in [6.45, 7) is 5.57. The predicted octanol–water partition coefficient (Wildman–Crippen LogP) is 2.28. The number of fused-ring (bicyclic) bond motifs is 1. The molecule has 0 bridgehead atoms. The van der Waals surface area contributed by atoms with E-state index in [1.54, 1.807) is 0 Å². The number of nitrogens with zero attached hydrogens (tertiary/aromatic N) is 1. The molecule has 1 aromatic rings. The van der Waals surface area contributed by atoms with Crippen LogP contribution in [0.2, 0.25) is 0 Å². The summed E-state index contributed by atoms with van der Waals surface area (Å²) in [5.41, 5.74) is 3.02. The van der Waals surface area contributed by atoms with Gasteiger partial charge in [-0.05, 0) is 48.9 Å². The molecule has 0 spiro atoms. The maximum atomic E-state index is 5.89. The summed E-state index contributed by atoms with van der Waals surface area (Å²) in [6, 6.07) is 6.62. The molecule has 1 saturated heterocycles. The second-order valence-corrected chi connectivity index (χ2v) is 5.44. The van der Waals surface area contributed by atoms with Crippen molar-refractivity contribution in [2.45, 2.75) is 25.7 Å². The van der Waals surface area contributed by atoms with Gasteiger partial charge in [-0.15, -0.1) is 0 Å². The molecular weight excluding hydrogens is 238 g/mol. The highest BCUT2D eigenvalue weighted by molar-refractivity contribution is 5.37. The van der Waals surface area contributed by atoms with E-state index in [0.717, 1.165) is 45.2 Å². The molecule has 1 fully saturated rings. The Kier molecular flexibility index (Phi) is 4.36. The van der Waals surface area contributed by atoms with Gasteiger partial charge >= 0.3 is 0 Å². The van der Waals surface area contributed by atoms with E-state index in [4.69, 9.17) is 9.47 Å². The third-order valence-corrected chi connectivity index (χ3v) is 4.10. The molecule has 3 nitrogen and oxygen atoms in total. The van der Waals surface area contributed by atoms with Crippen LogP contribution in [-0.4, -0.2) is 44.4 Å². The summed E-state index contributed by atoms with van der Waals surface area (Å²) in [6.07, 6.45) is 5.12. The third kappa shape index (κ3) is 3.48. The van der Waals surface area contributed by atoms with Gasteiger partial charge in [-0.2, -0.15) is 0 Å². The molecule has 3 rings (SSSR count). The summed E-state index contributed by atoms with van der Waals surface area (Å²) >= 11 is 0. The van der Waals surface area contributed by atoms with Crippen LogP contribution in [0.1, 0.15) is 24.0 Å². The van der Waals surface area contributed by atoms with Crippen LogP contribution in [0.25, 0.3) is 0 Å². The molecule has 0 unspecified atom stereocenters. The molecule has 1 aliphatic heterocycles. The Morgan fingerprint density at radius 3 is 2.68 bits per heavy atom. The molecule has 0 saturated carbocycles. The highest BCUT2D eigenvalue weighted by Gasteiger charge is 2.11. The quantitative estimate of drug-likeness (QED) is 0.830. The first-order valence-corrected chi connectivity index (χ1v) is 7.46. The zero-order chi connectivity index (χ0) is 12.9.